The van der Waals surface area contributed by atoms with Gasteiger partial charge in [0.15, 0.2) is 0 Å². The number of carbonyl (C=O) groups excluding carboxylic acids is 2. The van der Waals surface area contributed by atoms with Crippen molar-refractivity contribution in [2.75, 3.05) is 43.0 Å². The number of halogens is 1. The largest absolute Gasteiger partial charge is 0.494 e. The van der Waals surface area contributed by atoms with Crippen LogP contribution in [0.2, 0.25) is 5.02 Å². The first kappa shape index (κ1) is 27.3. The predicted molar refractivity (Wildman–Crippen MR) is 162 cm³/mol. The van der Waals surface area contributed by atoms with Crippen LogP contribution in [0.5, 0.6) is 5.75 Å². The van der Waals surface area contributed by atoms with Gasteiger partial charge in [-0.3, -0.25) is 9.59 Å². The molecule has 40 heavy (non-hydrogen) atoms. The zero-order valence-corrected chi connectivity index (χ0v) is 23.2. The van der Waals surface area contributed by atoms with E-state index in [-0.39, 0.29) is 11.8 Å². The predicted octanol–water partition coefficient (Wildman–Crippen LogP) is 7.01. The van der Waals surface area contributed by atoms with Gasteiger partial charge in [-0.15, -0.1) is 0 Å². The highest BCUT2D eigenvalue weighted by Crippen LogP contribution is 2.30. The summed E-state index contributed by atoms with van der Waals surface area (Å²) >= 11 is 6.64. The number of rotatable bonds is 8. The molecule has 0 unspecified atom stereocenters. The Morgan fingerprint density at radius 1 is 0.800 bits per heavy atom. The molecule has 1 fully saturated rings. The van der Waals surface area contributed by atoms with Crippen LogP contribution in [0.15, 0.2) is 97.1 Å². The van der Waals surface area contributed by atoms with Crippen LogP contribution in [0.1, 0.15) is 34.1 Å². The molecule has 0 aliphatic carbocycles. The Balaban J connectivity index is 1.16. The summed E-state index contributed by atoms with van der Waals surface area (Å²) in [5.74, 6) is 0.599. The molecule has 0 atom stereocenters. The van der Waals surface area contributed by atoms with E-state index < -0.39 is 0 Å². The maximum absolute atomic E-state index is 13.0. The summed E-state index contributed by atoms with van der Waals surface area (Å²) in [6.45, 7) is 5.25. The molecule has 1 N–H and O–H groups in total. The molecule has 204 valence electrons. The van der Waals surface area contributed by atoms with Crippen LogP contribution in [0.3, 0.4) is 0 Å². The number of carbonyl (C=O) groups is 2. The molecule has 0 aromatic heterocycles. The van der Waals surface area contributed by atoms with E-state index >= 15 is 0 Å². The number of ether oxygens (including phenoxy) is 1. The van der Waals surface area contributed by atoms with Crippen LogP contribution in [-0.4, -0.2) is 49.5 Å². The van der Waals surface area contributed by atoms with Crippen LogP contribution in [-0.2, 0) is 0 Å². The lowest BCUT2D eigenvalue weighted by Gasteiger charge is -2.36. The van der Waals surface area contributed by atoms with Crippen LogP contribution < -0.4 is 15.0 Å². The highest BCUT2D eigenvalue weighted by atomic mass is 35.5. The summed E-state index contributed by atoms with van der Waals surface area (Å²) in [5, 5.41) is 3.50. The van der Waals surface area contributed by atoms with Gasteiger partial charge in [-0.25, -0.2) is 0 Å². The van der Waals surface area contributed by atoms with Crippen molar-refractivity contribution in [2.24, 2.45) is 0 Å². The molecule has 1 aliphatic heterocycles. The third-order valence-electron chi connectivity index (χ3n) is 6.94. The lowest BCUT2D eigenvalue weighted by atomic mass is 10.0. The fourth-order valence-electron chi connectivity index (χ4n) is 4.74. The summed E-state index contributed by atoms with van der Waals surface area (Å²) in [6, 6.07) is 30.5. The average Bonchev–Trinajstić information content (AvgIpc) is 3.00. The Morgan fingerprint density at radius 2 is 1.45 bits per heavy atom. The molecule has 1 heterocycles. The molecule has 1 aliphatic rings. The zero-order valence-electron chi connectivity index (χ0n) is 22.5. The second-order valence-electron chi connectivity index (χ2n) is 9.72. The van der Waals surface area contributed by atoms with Crippen molar-refractivity contribution in [1.82, 2.24) is 4.90 Å². The van der Waals surface area contributed by atoms with Crippen molar-refractivity contribution in [3.05, 3.63) is 113 Å². The Labute approximate surface area is 240 Å². The molecule has 4 aromatic carbocycles. The molecule has 1 saturated heterocycles. The molecule has 0 saturated carbocycles. The molecule has 0 bridgehead atoms. The minimum atomic E-state index is -0.194. The topological polar surface area (TPSA) is 61.9 Å². The zero-order chi connectivity index (χ0) is 27.9. The van der Waals surface area contributed by atoms with Crippen LogP contribution in [0, 0.1) is 0 Å². The van der Waals surface area contributed by atoms with Crippen LogP contribution in [0.4, 0.5) is 11.4 Å². The van der Waals surface area contributed by atoms with E-state index in [1.807, 2.05) is 95.9 Å². The van der Waals surface area contributed by atoms with Gasteiger partial charge in [-0.05, 0) is 72.1 Å². The highest BCUT2D eigenvalue weighted by molar-refractivity contribution is 6.33. The lowest BCUT2D eigenvalue weighted by Crippen LogP contribution is -2.48. The Kier molecular flexibility index (Phi) is 8.67. The van der Waals surface area contributed by atoms with Gasteiger partial charge in [0, 0.05) is 43.0 Å². The van der Waals surface area contributed by atoms with E-state index in [1.165, 1.54) is 0 Å². The minimum absolute atomic E-state index is 0.0163. The van der Waals surface area contributed by atoms with Crippen molar-refractivity contribution in [3.8, 4) is 16.9 Å². The number of benzene rings is 4. The Morgan fingerprint density at radius 3 is 2.10 bits per heavy atom. The van der Waals surface area contributed by atoms with Gasteiger partial charge >= 0.3 is 0 Å². The molecule has 0 radical (unpaired) electrons. The third-order valence-corrected chi connectivity index (χ3v) is 7.24. The fraction of sp³-hybridized carbons (Fsp3) is 0.212. The summed E-state index contributed by atoms with van der Waals surface area (Å²) in [5.41, 5.74) is 4.91. The van der Waals surface area contributed by atoms with Gasteiger partial charge in [0.1, 0.15) is 5.75 Å². The molecule has 5 rings (SSSR count). The van der Waals surface area contributed by atoms with E-state index in [4.69, 9.17) is 16.3 Å². The van der Waals surface area contributed by atoms with E-state index in [0.29, 0.717) is 54.6 Å². The molecular formula is C33H32ClN3O3. The summed E-state index contributed by atoms with van der Waals surface area (Å²) in [7, 11) is 0. The van der Waals surface area contributed by atoms with Crippen molar-refractivity contribution in [2.45, 2.75) is 13.3 Å². The van der Waals surface area contributed by atoms with Crippen LogP contribution >= 0.6 is 11.6 Å². The van der Waals surface area contributed by atoms with E-state index in [9.17, 15) is 9.59 Å². The van der Waals surface area contributed by atoms with Crippen molar-refractivity contribution < 1.29 is 14.3 Å². The van der Waals surface area contributed by atoms with Gasteiger partial charge in [-0.1, -0.05) is 61.0 Å². The summed E-state index contributed by atoms with van der Waals surface area (Å²) < 4.78 is 5.61. The fourth-order valence-corrected chi connectivity index (χ4v) is 5.04. The summed E-state index contributed by atoms with van der Waals surface area (Å²) in [6.07, 6.45) is 0.941. The maximum Gasteiger partial charge on any atom is 0.255 e. The van der Waals surface area contributed by atoms with E-state index in [0.717, 1.165) is 29.0 Å². The molecule has 2 amide bonds. The summed E-state index contributed by atoms with van der Waals surface area (Å²) in [4.78, 5) is 29.9. The highest BCUT2D eigenvalue weighted by Gasteiger charge is 2.23. The van der Waals surface area contributed by atoms with Crippen molar-refractivity contribution in [3.63, 3.8) is 0 Å². The Bertz CT molecular complexity index is 1450. The number of hydrogen-bond donors (Lipinski definition) is 1. The standard InChI is InChI=1S/C33H32ClN3O3/c1-2-22-40-29-15-12-27(13-16-29)33(39)37-20-18-36(19-21-37)31-17-14-28(23-30(31)34)35-32(38)26-10-8-25(9-11-26)24-6-4-3-5-7-24/h3-17,23H,2,18-22H2,1H3,(H,35,38). The smallest absolute Gasteiger partial charge is 0.255 e. The second kappa shape index (κ2) is 12.7. The molecule has 6 nitrogen and oxygen atoms in total. The molecule has 4 aromatic rings. The van der Waals surface area contributed by atoms with E-state index in [2.05, 4.69) is 17.1 Å². The Hall–Kier alpha value is -4.29. The van der Waals surface area contributed by atoms with Gasteiger partial charge in [0.05, 0.1) is 17.3 Å². The minimum Gasteiger partial charge on any atom is -0.494 e. The first-order valence-electron chi connectivity index (χ1n) is 13.6. The average molecular weight is 554 g/mol. The van der Waals surface area contributed by atoms with Gasteiger partial charge < -0.3 is 19.9 Å². The van der Waals surface area contributed by atoms with Gasteiger partial charge in [0.2, 0.25) is 0 Å². The third kappa shape index (κ3) is 6.46. The monoisotopic (exact) mass is 553 g/mol. The van der Waals surface area contributed by atoms with Crippen molar-refractivity contribution >= 4 is 34.8 Å². The number of anilines is 2. The molecular weight excluding hydrogens is 522 g/mol. The van der Waals surface area contributed by atoms with Crippen LogP contribution in [0.25, 0.3) is 11.1 Å². The number of nitrogens with zero attached hydrogens (tertiary/aromatic N) is 2. The maximum atomic E-state index is 13.0. The first-order chi connectivity index (χ1) is 19.5. The number of hydrogen-bond acceptors (Lipinski definition) is 4. The molecule has 7 heteroatoms. The molecule has 0 spiro atoms. The normalized spacial score (nSPS) is 13.2. The van der Waals surface area contributed by atoms with Gasteiger partial charge in [-0.2, -0.15) is 0 Å². The lowest BCUT2D eigenvalue weighted by molar-refractivity contribution is 0.0746. The first-order valence-corrected chi connectivity index (χ1v) is 13.9. The van der Waals surface area contributed by atoms with Gasteiger partial charge in [0.25, 0.3) is 11.8 Å². The second-order valence-corrected chi connectivity index (χ2v) is 10.1. The number of piperazine rings is 1. The number of nitrogens with one attached hydrogen (secondary N) is 1. The van der Waals surface area contributed by atoms with E-state index in [1.54, 1.807) is 6.07 Å². The quantitative estimate of drug-likeness (QED) is 0.255. The van der Waals surface area contributed by atoms with Crippen molar-refractivity contribution in [1.29, 1.82) is 0 Å². The number of amides is 2. The SMILES string of the molecule is CCCOc1ccc(C(=O)N2CCN(c3ccc(NC(=O)c4ccc(-c5ccccc5)cc4)cc3Cl)CC2)cc1.